The summed E-state index contributed by atoms with van der Waals surface area (Å²) in [7, 11) is 0. The third kappa shape index (κ3) is 6.19. The molecular weight excluding hydrogens is 566 g/mol. The fraction of sp³-hybridized carbons (Fsp3) is 0.314. The van der Waals surface area contributed by atoms with E-state index in [0.29, 0.717) is 22.5 Å². The quantitative estimate of drug-likeness (QED) is 0.113. The topological polar surface area (TPSA) is 119 Å². The molecule has 10 heteroatoms. The van der Waals surface area contributed by atoms with Crippen LogP contribution in [0, 0.1) is 10.1 Å². The van der Waals surface area contributed by atoms with Gasteiger partial charge in [0.25, 0.3) is 11.6 Å². The summed E-state index contributed by atoms with van der Waals surface area (Å²) < 4.78 is 0. The van der Waals surface area contributed by atoms with E-state index in [0.717, 1.165) is 67.6 Å². The van der Waals surface area contributed by atoms with Gasteiger partial charge in [0, 0.05) is 60.5 Å². The van der Waals surface area contributed by atoms with E-state index in [1.165, 1.54) is 49.8 Å². The number of likely N-dealkylation sites (tertiary alicyclic amines) is 1. The minimum absolute atomic E-state index is 0.0633. The second-order valence-corrected chi connectivity index (χ2v) is 12.0. The summed E-state index contributed by atoms with van der Waals surface area (Å²) in [6.45, 7) is 5.40. The van der Waals surface area contributed by atoms with E-state index >= 15 is 0 Å². The minimum Gasteiger partial charge on any atom is -0.354 e. The van der Waals surface area contributed by atoms with Crippen molar-refractivity contribution < 1.29 is 9.72 Å². The maximum absolute atomic E-state index is 13.4. The van der Waals surface area contributed by atoms with Crippen LogP contribution in [0.2, 0.25) is 0 Å². The Morgan fingerprint density at radius 3 is 2.38 bits per heavy atom. The van der Waals surface area contributed by atoms with Gasteiger partial charge in [0.2, 0.25) is 5.95 Å². The fourth-order valence-electron chi connectivity index (χ4n) is 6.52. The number of nitro benzene ring substituents is 1. The first-order chi connectivity index (χ1) is 22.0. The molecule has 230 valence electrons. The molecule has 3 aliphatic rings. The third-order valence-electron chi connectivity index (χ3n) is 9.04. The number of H-pyrrole nitrogens is 1. The van der Waals surface area contributed by atoms with Crippen LogP contribution in [0.15, 0.2) is 72.9 Å². The van der Waals surface area contributed by atoms with Gasteiger partial charge in [0.1, 0.15) is 0 Å². The number of non-ortho nitro benzene ring substituents is 1. The van der Waals surface area contributed by atoms with E-state index in [1.54, 1.807) is 6.07 Å². The number of carbonyl (C=O) groups excluding carboxylic acids is 1. The number of aromatic amines is 1. The Balaban J connectivity index is 1.19. The van der Waals surface area contributed by atoms with Gasteiger partial charge in [-0.1, -0.05) is 36.4 Å². The Bertz CT molecular complexity index is 1730. The molecule has 45 heavy (non-hydrogen) atoms. The smallest absolute Gasteiger partial charge is 0.270 e. The zero-order valence-corrected chi connectivity index (χ0v) is 25.2. The van der Waals surface area contributed by atoms with Crippen LogP contribution in [0.1, 0.15) is 48.8 Å². The summed E-state index contributed by atoms with van der Waals surface area (Å²) >= 11 is 0. The van der Waals surface area contributed by atoms with Crippen LogP contribution < -0.4 is 15.5 Å². The third-order valence-corrected chi connectivity index (χ3v) is 9.04. The number of amides is 1. The molecule has 3 aromatic carbocycles. The molecule has 0 radical (unpaired) electrons. The number of nitro groups is 1. The van der Waals surface area contributed by atoms with Crippen molar-refractivity contribution in [3.63, 3.8) is 0 Å². The highest BCUT2D eigenvalue weighted by Crippen LogP contribution is 2.39. The van der Waals surface area contributed by atoms with Gasteiger partial charge in [-0.15, -0.1) is 0 Å². The number of nitrogens with one attached hydrogen (secondary N) is 3. The molecule has 3 N–H and O–H groups in total. The highest BCUT2D eigenvalue weighted by Gasteiger charge is 2.30. The van der Waals surface area contributed by atoms with E-state index in [2.05, 4.69) is 37.6 Å². The van der Waals surface area contributed by atoms with E-state index in [-0.39, 0.29) is 11.6 Å². The van der Waals surface area contributed by atoms with Crippen LogP contribution in [-0.2, 0) is 11.2 Å². The molecule has 4 aromatic rings. The number of carbonyl (C=O) groups is 1. The van der Waals surface area contributed by atoms with Gasteiger partial charge >= 0.3 is 0 Å². The maximum atomic E-state index is 13.4. The molecule has 0 spiro atoms. The molecule has 4 heterocycles. The van der Waals surface area contributed by atoms with E-state index in [1.807, 2.05) is 42.6 Å². The number of nitrogens with zero attached hydrogens (tertiary/aromatic N) is 4. The Morgan fingerprint density at radius 1 is 0.911 bits per heavy atom. The predicted octanol–water partition coefficient (Wildman–Crippen LogP) is 6.55. The molecule has 0 atom stereocenters. The number of benzene rings is 3. The van der Waals surface area contributed by atoms with E-state index in [9.17, 15) is 14.9 Å². The summed E-state index contributed by atoms with van der Waals surface area (Å²) in [6.07, 6.45) is 9.08. The average molecular weight is 604 g/mol. The molecule has 1 amide bonds. The van der Waals surface area contributed by atoms with Gasteiger partial charge in [0.05, 0.1) is 21.9 Å². The van der Waals surface area contributed by atoms with Crippen molar-refractivity contribution in [1.29, 1.82) is 0 Å². The lowest BCUT2D eigenvalue weighted by Gasteiger charge is -2.25. The summed E-state index contributed by atoms with van der Waals surface area (Å²) in [5, 5.41) is 18.0. The Labute approximate surface area is 262 Å². The van der Waals surface area contributed by atoms with Gasteiger partial charge in [-0.05, 0) is 80.9 Å². The van der Waals surface area contributed by atoms with Crippen molar-refractivity contribution in [3.05, 3.63) is 99.7 Å². The number of anilines is 3. The molecule has 0 aliphatic carbocycles. The maximum Gasteiger partial charge on any atom is 0.270 e. The van der Waals surface area contributed by atoms with Gasteiger partial charge < -0.3 is 25.4 Å². The molecule has 2 saturated heterocycles. The second kappa shape index (κ2) is 12.6. The highest BCUT2D eigenvalue weighted by atomic mass is 16.6. The van der Waals surface area contributed by atoms with Crippen LogP contribution in [0.3, 0.4) is 0 Å². The van der Waals surface area contributed by atoms with Crippen molar-refractivity contribution in [3.8, 4) is 11.3 Å². The van der Waals surface area contributed by atoms with Crippen LogP contribution in [0.4, 0.5) is 23.0 Å². The lowest BCUT2D eigenvalue weighted by Crippen LogP contribution is -2.30. The minimum atomic E-state index is -0.437. The van der Waals surface area contributed by atoms with Gasteiger partial charge in [-0.25, -0.2) is 4.98 Å². The number of imidazole rings is 1. The van der Waals surface area contributed by atoms with Crippen LogP contribution in [0.25, 0.3) is 22.5 Å². The zero-order valence-electron chi connectivity index (χ0n) is 25.2. The summed E-state index contributed by atoms with van der Waals surface area (Å²) in [5.74, 6) is 0.604. The lowest BCUT2D eigenvalue weighted by molar-refractivity contribution is -0.384. The second-order valence-electron chi connectivity index (χ2n) is 12.0. The number of aromatic nitrogens is 2. The Kier molecular flexibility index (Phi) is 8.04. The monoisotopic (exact) mass is 603 g/mol. The standard InChI is InChI=1S/C35H37N7O3/c43-34-32(29-22-28(42(44)45)14-15-30(29)38-34)33(26-8-6-24(7-9-26)16-21-40-17-4-5-18-40)37-27-12-10-25(11-13-27)31-23-36-35(39-31)41-19-2-1-3-20-41/h6-15,22-23,37H,1-5,16-21H2,(H,36,39)(H,38,43)/b33-32-. The molecule has 0 unspecified atom stereocenters. The summed E-state index contributed by atoms with van der Waals surface area (Å²) in [6, 6.07) is 20.7. The van der Waals surface area contributed by atoms with Gasteiger partial charge in [-0.2, -0.15) is 0 Å². The number of rotatable bonds is 9. The fourth-order valence-corrected chi connectivity index (χ4v) is 6.52. The summed E-state index contributed by atoms with van der Waals surface area (Å²) in [5.41, 5.74) is 6.68. The van der Waals surface area contributed by atoms with Crippen LogP contribution >= 0.6 is 0 Å². The normalized spacial score (nSPS) is 17.7. The lowest BCUT2D eigenvalue weighted by atomic mass is 9.98. The number of piperidine rings is 1. The Hall–Kier alpha value is -4.96. The average Bonchev–Trinajstić information content (AvgIpc) is 3.84. The first kappa shape index (κ1) is 28.8. The molecule has 0 saturated carbocycles. The number of hydrogen-bond acceptors (Lipinski definition) is 7. The molecule has 1 aromatic heterocycles. The van der Waals surface area contributed by atoms with E-state index < -0.39 is 4.92 Å². The molecule has 0 bridgehead atoms. The molecular formula is C35H37N7O3. The van der Waals surface area contributed by atoms with Crippen molar-refractivity contribution in [2.45, 2.75) is 38.5 Å². The molecule has 7 rings (SSSR count). The predicted molar refractivity (Wildman–Crippen MR) is 178 cm³/mol. The number of fused-ring (bicyclic) bond motifs is 1. The van der Waals surface area contributed by atoms with Crippen LogP contribution in [0.5, 0.6) is 0 Å². The Morgan fingerprint density at radius 2 is 1.64 bits per heavy atom. The summed E-state index contributed by atoms with van der Waals surface area (Å²) in [4.78, 5) is 37.5. The van der Waals surface area contributed by atoms with Crippen molar-refractivity contribution in [2.75, 3.05) is 48.3 Å². The van der Waals surface area contributed by atoms with Gasteiger partial charge in [0.15, 0.2) is 0 Å². The van der Waals surface area contributed by atoms with Crippen molar-refractivity contribution >= 4 is 40.2 Å². The van der Waals surface area contributed by atoms with Gasteiger partial charge in [-0.3, -0.25) is 14.9 Å². The first-order valence-electron chi connectivity index (χ1n) is 15.9. The molecule has 2 fully saturated rings. The largest absolute Gasteiger partial charge is 0.354 e. The SMILES string of the molecule is O=C1Nc2ccc([N+](=O)[O-])cc2/C1=C(/Nc1ccc(-c2c[nH]c(N3CCCCC3)n2)cc1)c1ccc(CCN2CCCC2)cc1. The molecule has 3 aliphatic heterocycles. The highest BCUT2D eigenvalue weighted by molar-refractivity contribution is 6.37. The van der Waals surface area contributed by atoms with Crippen molar-refractivity contribution in [1.82, 2.24) is 14.9 Å². The zero-order chi connectivity index (χ0) is 30.8. The van der Waals surface area contributed by atoms with Crippen molar-refractivity contribution in [2.24, 2.45) is 0 Å². The first-order valence-corrected chi connectivity index (χ1v) is 15.9. The number of hydrogen-bond donors (Lipinski definition) is 3. The molecule has 10 nitrogen and oxygen atoms in total. The van der Waals surface area contributed by atoms with E-state index in [4.69, 9.17) is 4.98 Å². The van der Waals surface area contributed by atoms with Crippen LogP contribution in [-0.4, -0.2) is 58.4 Å².